The summed E-state index contributed by atoms with van der Waals surface area (Å²) in [5, 5.41) is 1.48. The fourth-order valence-electron chi connectivity index (χ4n) is 3.36. The second-order valence-corrected chi connectivity index (χ2v) is 12.0. The summed E-state index contributed by atoms with van der Waals surface area (Å²) in [5.74, 6) is 0.866. The number of hydrogen-bond acceptors (Lipinski definition) is 3. The molecule has 0 fully saturated rings. The first-order chi connectivity index (χ1) is 9.88. The first-order valence-electron chi connectivity index (χ1n) is 8.04. The lowest BCUT2D eigenvalue weighted by atomic mass is 9.89. The van der Waals surface area contributed by atoms with Crippen LogP contribution in [0.1, 0.15) is 33.1 Å². The predicted octanol–water partition coefficient (Wildman–Crippen LogP) is 4.12. The predicted molar refractivity (Wildman–Crippen MR) is 91.6 cm³/mol. The third-order valence-electron chi connectivity index (χ3n) is 4.86. The van der Waals surface area contributed by atoms with Gasteiger partial charge in [0.2, 0.25) is 5.90 Å². The molecule has 0 radical (unpaired) electrons. The highest BCUT2D eigenvalue weighted by Gasteiger charge is 2.41. The van der Waals surface area contributed by atoms with Crippen molar-refractivity contribution in [2.75, 3.05) is 13.7 Å². The standard InChI is InChI=1S/C17H29NO2Si/c1-7-17(8-2,19-3)15-12-20-16(18-15)13-10-9-11-14(13)21(4,5)6/h9,11,15H,7-8,10,12H2,1-6H3. The summed E-state index contributed by atoms with van der Waals surface area (Å²) in [5.41, 5.74) is 1.13. The summed E-state index contributed by atoms with van der Waals surface area (Å²) in [7, 11) is 0.449. The molecule has 0 aromatic heterocycles. The Balaban J connectivity index is 2.30. The average molecular weight is 308 g/mol. The molecular formula is C17H29NO2Si. The van der Waals surface area contributed by atoms with Crippen LogP contribution in [0, 0.1) is 0 Å². The Labute approximate surface area is 130 Å². The van der Waals surface area contributed by atoms with Crippen molar-refractivity contribution < 1.29 is 9.47 Å². The van der Waals surface area contributed by atoms with Gasteiger partial charge in [-0.05, 0) is 19.3 Å². The van der Waals surface area contributed by atoms with Gasteiger partial charge in [-0.2, -0.15) is 0 Å². The Kier molecular flexibility index (Phi) is 4.78. The van der Waals surface area contributed by atoms with E-state index < -0.39 is 8.07 Å². The van der Waals surface area contributed by atoms with Crippen LogP contribution < -0.4 is 0 Å². The molecule has 0 amide bonds. The summed E-state index contributed by atoms with van der Waals surface area (Å²) in [4.78, 5) is 4.91. The number of allylic oxidation sites excluding steroid dienone is 3. The zero-order chi connectivity index (χ0) is 15.7. The molecule has 0 saturated carbocycles. The van der Waals surface area contributed by atoms with E-state index in [4.69, 9.17) is 14.5 Å². The quantitative estimate of drug-likeness (QED) is 0.691. The van der Waals surface area contributed by atoms with Gasteiger partial charge < -0.3 is 9.47 Å². The van der Waals surface area contributed by atoms with E-state index in [1.54, 1.807) is 7.11 Å². The fraction of sp³-hybridized carbons (Fsp3) is 0.706. The Morgan fingerprint density at radius 2 is 2.00 bits per heavy atom. The second kappa shape index (κ2) is 6.09. The van der Waals surface area contributed by atoms with Crippen molar-refractivity contribution in [3.05, 3.63) is 22.9 Å². The molecule has 2 aliphatic rings. The molecule has 4 heteroatoms. The van der Waals surface area contributed by atoms with Crippen LogP contribution >= 0.6 is 0 Å². The molecule has 0 saturated heterocycles. The van der Waals surface area contributed by atoms with Gasteiger partial charge in [-0.3, -0.25) is 0 Å². The molecule has 2 rings (SSSR count). The Morgan fingerprint density at radius 3 is 2.52 bits per heavy atom. The number of nitrogens with zero attached hydrogens (tertiary/aromatic N) is 1. The lowest BCUT2D eigenvalue weighted by molar-refractivity contribution is -0.0413. The molecule has 0 spiro atoms. The number of ether oxygens (including phenoxy) is 2. The highest BCUT2D eigenvalue weighted by molar-refractivity contribution is 6.84. The summed E-state index contributed by atoms with van der Waals surface area (Å²) < 4.78 is 11.8. The van der Waals surface area contributed by atoms with Gasteiger partial charge in [0.05, 0.1) is 13.7 Å². The van der Waals surface area contributed by atoms with Gasteiger partial charge >= 0.3 is 0 Å². The van der Waals surface area contributed by atoms with Gasteiger partial charge in [0, 0.05) is 12.7 Å². The SMILES string of the molecule is CCC(CC)(OC)C1COC(C2=C([Si](C)(C)C)C=CC2)=N1. The maximum absolute atomic E-state index is 5.98. The average Bonchev–Trinajstić information content (AvgIpc) is 3.09. The fourth-order valence-corrected chi connectivity index (χ4v) is 5.10. The van der Waals surface area contributed by atoms with Crippen LogP contribution in [0.25, 0.3) is 0 Å². The smallest absolute Gasteiger partial charge is 0.212 e. The van der Waals surface area contributed by atoms with Crippen molar-refractivity contribution in [1.29, 1.82) is 0 Å². The molecular weight excluding hydrogens is 278 g/mol. The van der Waals surface area contributed by atoms with E-state index >= 15 is 0 Å². The number of hydrogen-bond donors (Lipinski definition) is 0. The monoisotopic (exact) mass is 307 g/mol. The van der Waals surface area contributed by atoms with E-state index in [0.29, 0.717) is 6.61 Å². The highest BCUT2D eigenvalue weighted by Crippen LogP contribution is 2.34. The minimum absolute atomic E-state index is 0.114. The van der Waals surface area contributed by atoms with Gasteiger partial charge in [-0.25, -0.2) is 4.99 Å². The van der Waals surface area contributed by atoms with E-state index in [9.17, 15) is 0 Å². The van der Waals surface area contributed by atoms with E-state index in [0.717, 1.165) is 25.2 Å². The van der Waals surface area contributed by atoms with Gasteiger partial charge in [0.15, 0.2) is 0 Å². The van der Waals surface area contributed by atoms with Crippen LogP contribution in [-0.2, 0) is 9.47 Å². The lowest BCUT2D eigenvalue weighted by Gasteiger charge is -2.33. The van der Waals surface area contributed by atoms with Gasteiger partial charge in [-0.1, -0.05) is 50.8 Å². The number of methoxy groups -OCH3 is 1. The van der Waals surface area contributed by atoms with Crippen molar-refractivity contribution in [3.63, 3.8) is 0 Å². The Bertz CT molecular complexity index is 473. The molecule has 3 nitrogen and oxygen atoms in total. The minimum Gasteiger partial charge on any atom is -0.475 e. The molecule has 0 N–H and O–H groups in total. The van der Waals surface area contributed by atoms with Crippen molar-refractivity contribution in [2.24, 2.45) is 4.99 Å². The van der Waals surface area contributed by atoms with Gasteiger partial charge in [-0.15, -0.1) is 0 Å². The molecule has 0 aromatic carbocycles. The maximum Gasteiger partial charge on any atom is 0.212 e. The number of aliphatic imine (C=N–C) groups is 1. The topological polar surface area (TPSA) is 30.8 Å². The normalized spacial score (nSPS) is 22.8. The summed E-state index contributed by atoms with van der Waals surface area (Å²) in [6.45, 7) is 12.1. The largest absolute Gasteiger partial charge is 0.475 e. The zero-order valence-corrected chi connectivity index (χ0v) is 15.3. The lowest BCUT2D eigenvalue weighted by Crippen LogP contribution is -2.43. The molecule has 21 heavy (non-hydrogen) atoms. The van der Waals surface area contributed by atoms with Crippen molar-refractivity contribution >= 4 is 14.0 Å². The second-order valence-electron chi connectivity index (χ2n) is 6.99. The molecule has 1 heterocycles. The first kappa shape index (κ1) is 16.5. The summed E-state index contributed by atoms with van der Waals surface area (Å²) in [6, 6.07) is 0.114. The van der Waals surface area contributed by atoms with Crippen molar-refractivity contribution in [1.82, 2.24) is 0 Å². The Hall–Kier alpha value is -0.873. The molecule has 1 unspecified atom stereocenters. The van der Waals surface area contributed by atoms with Crippen LogP contribution in [0.4, 0.5) is 0 Å². The molecule has 118 valence electrons. The van der Waals surface area contributed by atoms with Gasteiger partial charge in [0.25, 0.3) is 0 Å². The van der Waals surface area contributed by atoms with Crippen molar-refractivity contribution in [3.8, 4) is 0 Å². The van der Waals surface area contributed by atoms with Crippen LogP contribution in [-0.4, -0.2) is 39.3 Å². The maximum atomic E-state index is 5.98. The highest BCUT2D eigenvalue weighted by atomic mass is 28.3. The van der Waals surface area contributed by atoms with Gasteiger partial charge in [0.1, 0.15) is 12.6 Å². The first-order valence-corrected chi connectivity index (χ1v) is 11.5. The van der Waals surface area contributed by atoms with E-state index in [-0.39, 0.29) is 11.6 Å². The van der Waals surface area contributed by atoms with Crippen LogP contribution in [0.2, 0.25) is 19.6 Å². The van der Waals surface area contributed by atoms with E-state index in [1.807, 2.05) is 0 Å². The zero-order valence-electron chi connectivity index (χ0n) is 14.3. The van der Waals surface area contributed by atoms with Crippen LogP contribution in [0.15, 0.2) is 27.9 Å². The van der Waals surface area contributed by atoms with Crippen molar-refractivity contribution in [2.45, 2.75) is 64.4 Å². The molecule has 0 bridgehead atoms. The third-order valence-corrected chi connectivity index (χ3v) is 6.94. The van der Waals surface area contributed by atoms with Crippen LogP contribution in [0.3, 0.4) is 0 Å². The third kappa shape index (κ3) is 3.02. The molecule has 1 aliphatic carbocycles. The minimum atomic E-state index is -1.35. The van der Waals surface area contributed by atoms with Crippen LogP contribution in [0.5, 0.6) is 0 Å². The summed E-state index contributed by atoms with van der Waals surface area (Å²) >= 11 is 0. The van der Waals surface area contributed by atoms with E-state index in [2.05, 4.69) is 45.6 Å². The number of rotatable bonds is 6. The Morgan fingerprint density at radius 1 is 1.33 bits per heavy atom. The molecule has 0 aromatic rings. The molecule has 1 atom stereocenters. The van der Waals surface area contributed by atoms with E-state index in [1.165, 1.54) is 10.8 Å². The molecule has 1 aliphatic heterocycles. The summed E-state index contributed by atoms with van der Waals surface area (Å²) in [6.07, 6.45) is 7.41.